The minimum atomic E-state index is -1.17. The first kappa shape index (κ1) is 15.8. The van der Waals surface area contributed by atoms with E-state index in [4.69, 9.17) is 4.74 Å². The molecule has 1 aromatic carbocycles. The van der Waals surface area contributed by atoms with Crippen LogP contribution in [0.15, 0.2) is 35.5 Å². The lowest BCUT2D eigenvalue weighted by Gasteiger charge is -2.06. The summed E-state index contributed by atoms with van der Waals surface area (Å²) in [6.07, 6.45) is 3.53. The molecule has 0 fully saturated rings. The molecule has 21 heavy (non-hydrogen) atoms. The van der Waals surface area contributed by atoms with Gasteiger partial charge in [-0.05, 0) is 13.8 Å². The Morgan fingerprint density at radius 1 is 1.38 bits per heavy atom. The molecule has 0 saturated carbocycles. The first-order chi connectivity index (χ1) is 10.1. The molecule has 7 heteroatoms. The lowest BCUT2D eigenvalue weighted by Crippen LogP contribution is -2.19. The van der Waals surface area contributed by atoms with Crippen LogP contribution in [0.4, 0.5) is 5.69 Å². The molecule has 1 heterocycles. The molecule has 0 aliphatic heterocycles. The number of hydrogen-bond acceptors (Lipinski definition) is 5. The summed E-state index contributed by atoms with van der Waals surface area (Å²) in [4.78, 5) is 4.07. The fourth-order valence-corrected chi connectivity index (χ4v) is 3.02. The van der Waals surface area contributed by atoms with Crippen molar-refractivity contribution in [2.24, 2.45) is 0 Å². The summed E-state index contributed by atoms with van der Waals surface area (Å²) < 4.78 is 22.9. The maximum atomic E-state index is 11.2. The fourth-order valence-electron chi connectivity index (χ4n) is 1.78. The second kappa shape index (κ2) is 7.42. The molecule has 0 N–H and O–H groups in total. The number of rotatable bonds is 6. The zero-order valence-corrected chi connectivity index (χ0v) is 13.9. The van der Waals surface area contributed by atoms with Crippen molar-refractivity contribution >= 4 is 34.2 Å². The van der Waals surface area contributed by atoms with Crippen molar-refractivity contribution in [3.05, 3.63) is 30.3 Å². The molecule has 0 spiro atoms. The molecule has 0 aliphatic rings. The Hall–Kier alpha value is -1.60. The van der Waals surface area contributed by atoms with E-state index in [1.807, 2.05) is 24.4 Å². The molecule has 5 nitrogen and oxygen atoms in total. The van der Waals surface area contributed by atoms with Crippen LogP contribution in [0.25, 0.3) is 0 Å². The average molecular weight is 324 g/mol. The van der Waals surface area contributed by atoms with Crippen LogP contribution in [0.3, 0.4) is 0 Å². The SMILES string of the molecule is CC(C)[N+](=CCOc1nc(S(C)=O)ns1)c1ccccc1. The van der Waals surface area contributed by atoms with Gasteiger partial charge in [0.2, 0.25) is 10.8 Å². The first-order valence-corrected chi connectivity index (χ1v) is 8.87. The van der Waals surface area contributed by atoms with Gasteiger partial charge in [0.15, 0.2) is 18.9 Å². The van der Waals surface area contributed by atoms with E-state index < -0.39 is 10.8 Å². The second-order valence-corrected chi connectivity index (χ2v) is 6.61. The van der Waals surface area contributed by atoms with Crippen LogP contribution in [0.5, 0.6) is 5.19 Å². The summed E-state index contributed by atoms with van der Waals surface area (Å²) in [6, 6.07) is 10.4. The summed E-state index contributed by atoms with van der Waals surface area (Å²) >= 11 is 1.12. The Morgan fingerprint density at radius 3 is 2.67 bits per heavy atom. The highest BCUT2D eigenvalue weighted by Gasteiger charge is 2.13. The molecule has 1 aromatic heterocycles. The van der Waals surface area contributed by atoms with Crippen molar-refractivity contribution < 1.29 is 13.5 Å². The topological polar surface area (TPSA) is 55.1 Å². The lowest BCUT2D eigenvalue weighted by molar-refractivity contribution is -0.472. The Labute approximate surface area is 130 Å². The fraction of sp³-hybridized carbons (Fsp3) is 0.357. The van der Waals surface area contributed by atoms with Crippen LogP contribution in [0, 0.1) is 0 Å². The monoisotopic (exact) mass is 324 g/mol. The van der Waals surface area contributed by atoms with Gasteiger partial charge in [-0.1, -0.05) is 18.2 Å². The maximum absolute atomic E-state index is 11.2. The summed E-state index contributed by atoms with van der Waals surface area (Å²) in [7, 11) is -1.17. The van der Waals surface area contributed by atoms with Gasteiger partial charge in [0.1, 0.15) is 0 Å². The van der Waals surface area contributed by atoms with Gasteiger partial charge < -0.3 is 4.74 Å². The van der Waals surface area contributed by atoms with Gasteiger partial charge in [0, 0.05) is 29.9 Å². The van der Waals surface area contributed by atoms with Crippen LogP contribution in [0.1, 0.15) is 13.8 Å². The molecule has 0 amide bonds. The average Bonchev–Trinajstić information content (AvgIpc) is 2.93. The van der Waals surface area contributed by atoms with E-state index in [9.17, 15) is 4.21 Å². The van der Waals surface area contributed by atoms with E-state index in [2.05, 4.69) is 39.9 Å². The smallest absolute Gasteiger partial charge is 0.294 e. The van der Waals surface area contributed by atoms with Gasteiger partial charge in [-0.2, -0.15) is 13.9 Å². The van der Waals surface area contributed by atoms with Crippen LogP contribution in [-0.4, -0.2) is 43.3 Å². The molecule has 0 saturated heterocycles. The maximum Gasteiger partial charge on any atom is 0.294 e. The third kappa shape index (κ3) is 4.44. The highest BCUT2D eigenvalue weighted by Crippen LogP contribution is 2.16. The molecule has 2 rings (SSSR count). The lowest BCUT2D eigenvalue weighted by atomic mass is 10.2. The van der Waals surface area contributed by atoms with Gasteiger partial charge >= 0.3 is 0 Å². The Balaban J connectivity index is 2.05. The standard InChI is InChI=1S/C14H18N3O2S2/c1-11(2)17(12-7-5-4-6-8-12)9-10-19-14-15-13(16-20-14)21(3)18/h4-9,11H,10H2,1-3H3/q+1. The molecule has 2 aromatic rings. The molecule has 0 aliphatic carbocycles. The molecular formula is C14H18N3O2S2+. The highest BCUT2D eigenvalue weighted by molar-refractivity contribution is 7.84. The van der Waals surface area contributed by atoms with Crippen LogP contribution >= 0.6 is 11.5 Å². The van der Waals surface area contributed by atoms with E-state index in [1.165, 1.54) is 0 Å². The van der Waals surface area contributed by atoms with Gasteiger partial charge in [-0.15, -0.1) is 0 Å². The highest BCUT2D eigenvalue weighted by atomic mass is 32.2. The van der Waals surface area contributed by atoms with Gasteiger partial charge in [0.25, 0.3) is 5.19 Å². The first-order valence-electron chi connectivity index (χ1n) is 6.54. The van der Waals surface area contributed by atoms with Crippen LogP contribution < -0.4 is 4.74 Å². The normalized spacial score (nSPS) is 13.4. The zero-order chi connectivity index (χ0) is 15.2. The van der Waals surface area contributed by atoms with Crippen molar-refractivity contribution in [2.75, 3.05) is 12.9 Å². The Morgan fingerprint density at radius 2 is 2.10 bits per heavy atom. The van der Waals surface area contributed by atoms with Crippen LogP contribution in [0.2, 0.25) is 0 Å². The van der Waals surface area contributed by atoms with Crippen molar-refractivity contribution in [3.8, 4) is 5.19 Å². The number of para-hydroxylation sites is 1. The predicted molar refractivity (Wildman–Crippen MR) is 85.3 cm³/mol. The molecule has 1 atom stereocenters. The minimum Gasteiger partial charge on any atom is -0.458 e. The molecule has 0 radical (unpaired) electrons. The number of ether oxygens (including phenoxy) is 1. The van der Waals surface area contributed by atoms with E-state index >= 15 is 0 Å². The second-order valence-electron chi connectivity index (χ2n) is 4.63. The summed E-state index contributed by atoms with van der Waals surface area (Å²) in [5.74, 6) is 0. The zero-order valence-electron chi connectivity index (χ0n) is 12.2. The minimum absolute atomic E-state index is 0.318. The Bertz CT molecular complexity index is 639. The largest absolute Gasteiger partial charge is 0.458 e. The quantitative estimate of drug-likeness (QED) is 0.605. The third-order valence-corrected chi connectivity index (χ3v) is 4.18. The van der Waals surface area contributed by atoms with E-state index in [1.54, 1.807) is 6.26 Å². The number of nitrogens with zero attached hydrogens (tertiary/aromatic N) is 3. The molecular weight excluding hydrogens is 306 g/mol. The van der Waals surface area contributed by atoms with Gasteiger partial charge in [-0.25, -0.2) is 0 Å². The summed E-state index contributed by atoms with van der Waals surface area (Å²) in [5.41, 5.74) is 1.11. The van der Waals surface area contributed by atoms with Crippen LogP contribution in [-0.2, 0) is 10.8 Å². The van der Waals surface area contributed by atoms with Crippen molar-refractivity contribution in [2.45, 2.75) is 25.0 Å². The van der Waals surface area contributed by atoms with E-state index in [0.29, 0.717) is 23.0 Å². The third-order valence-electron chi connectivity index (χ3n) is 2.73. The molecule has 0 bridgehead atoms. The van der Waals surface area contributed by atoms with Crippen molar-refractivity contribution in [1.29, 1.82) is 0 Å². The summed E-state index contributed by atoms with van der Waals surface area (Å²) in [6.45, 7) is 4.62. The van der Waals surface area contributed by atoms with Gasteiger partial charge in [-0.3, -0.25) is 4.21 Å². The van der Waals surface area contributed by atoms with E-state index in [0.717, 1.165) is 17.2 Å². The predicted octanol–water partition coefficient (Wildman–Crippen LogP) is 2.48. The van der Waals surface area contributed by atoms with Crippen molar-refractivity contribution in [1.82, 2.24) is 9.36 Å². The van der Waals surface area contributed by atoms with Crippen molar-refractivity contribution in [3.63, 3.8) is 0 Å². The summed E-state index contributed by atoms with van der Waals surface area (Å²) in [5, 5.41) is 0.756. The van der Waals surface area contributed by atoms with E-state index in [-0.39, 0.29) is 0 Å². The Kier molecular flexibility index (Phi) is 5.58. The number of benzene rings is 1. The molecule has 1 unspecified atom stereocenters. The number of aromatic nitrogens is 2. The van der Waals surface area contributed by atoms with Gasteiger partial charge in [0.05, 0.1) is 10.8 Å². The number of hydrogen-bond donors (Lipinski definition) is 0. The molecule has 112 valence electrons.